The number of nitrogens with zero attached hydrogens (tertiary/aromatic N) is 2. The molecule has 2 aromatic rings. The Kier molecular flexibility index (Phi) is 5.10. The van der Waals surface area contributed by atoms with Crippen molar-refractivity contribution in [2.75, 3.05) is 18.8 Å². The summed E-state index contributed by atoms with van der Waals surface area (Å²) in [5, 5.41) is 1.34. The first-order chi connectivity index (χ1) is 12.5. The SMILES string of the molecule is C[C@@H]1CCc2c(sc3nc(SCC(=O)N4CCC[C@@H](C)C4)[nH]c(=O)c23)C1. The van der Waals surface area contributed by atoms with Crippen LogP contribution in [0.4, 0.5) is 0 Å². The Morgan fingerprint density at radius 1 is 1.35 bits per heavy atom. The zero-order chi connectivity index (χ0) is 18.3. The minimum atomic E-state index is -0.0522. The summed E-state index contributed by atoms with van der Waals surface area (Å²) in [6, 6.07) is 0. The average Bonchev–Trinajstić information content (AvgIpc) is 2.97. The quantitative estimate of drug-likeness (QED) is 0.643. The molecular weight excluding hydrogens is 366 g/mol. The number of thioether (sulfide) groups is 1. The zero-order valence-electron chi connectivity index (χ0n) is 15.3. The Morgan fingerprint density at radius 3 is 3.00 bits per heavy atom. The molecule has 0 unspecified atom stereocenters. The predicted molar refractivity (Wildman–Crippen MR) is 107 cm³/mol. The molecule has 5 nitrogen and oxygen atoms in total. The zero-order valence-corrected chi connectivity index (χ0v) is 17.0. The van der Waals surface area contributed by atoms with Crippen molar-refractivity contribution in [1.82, 2.24) is 14.9 Å². The number of piperidine rings is 1. The van der Waals surface area contributed by atoms with Gasteiger partial charge < -0.3 is 9.88 Å². The number of rotatable bonds is 3. The minimum Gasteiger partial charge on any atom is -0.342 e. The molecule has 0 spiro atoms. The van der Waals surface area contributed by atoms with E-state index in [9.17, 15) is 9.59 Å². The smallest absolute Gasteiger partial charge is 0.260 e. The van der Waals surface area contributed by atoms with Crippen molar-refractivity contribution in [1.29, 1.82) is 0 Å². The Bertz CT molecular complexity index is 889. The largest absolute Gasteiger partial charge is 0.342 e. The second-order valence-electron chi connectivity index (χ2n) is 7.78. The van der Waals surface area contributed by atoms with Gasteiger partial charge >= 0.3 is 0 Å². The molecule has 7 heteroatoms. The third kappa shape index (κ3) is 3.56. The number of aromatic nitrogens is 2. The number of aryl methyl sites for hydroxylation is 1. The van der Waals surface area contributed by atoms with Crippen LogP contribution in [0.3, 0.4) is 0 Å². The monoisotopic (exact) mass is 391 g/mol. The molecule has 1 aliphatic carbocycles. The fraction of sp³-hybridized carbons (Fsp3) is 0.632. The predicted octanol–water partition coefficient (Wildman–Crippen LogP) is 3.46. The topological polar surface area (TPSA) is 66.1 Å². The lowest BCUT2D eigenvalue weighted by atomic mass is 9.89. The fourth-order valence-electron chi connectivity index (χ4n) is 4.03. The molecular formula is C19H25N3O2S2. The van der Waals surface area contributed by atoms with Crippen LogP contribution < -0.4 is 5.56 Å². The lowest BCUT2D eigenvalue weighted by molar-refractivity contribution is -0.130. The average molecular weight is 392 g/mol. The summed E-state index contributed by atoms with van der Waals surface area (Å²) >= 11 is 3.00. The Balaban J connectivity index is 1.51. The van der Waals surface area contributed by atoms with Crippen molar-refractivity contribution in [3.05, 3.63) is 20.8 Å². The molecule has 1 N–H and O–H groups in total. The van der Waals surface area contributed by atoms with E-state index in [1.54, 1.807) is 11.3 Å². The molecule has 2 atom stereocenters. The van der Waals surface area contributed by atoms with E-state index in [2.05, 4.69) is 23.8 Å². The highest BCUT2D eigenvalue weighted by Gasteiger charge is 2.24. The summed E-state index contributed by atoms with van der Waals surface area (Å²) in [6.07, 6.45) is 5.43. The van der Waals surface area contributed by atoms with Crippen LogP contribution in [0.2, 0.25) is 0 Å². The van der Waals surface area contributed by atoms with Gasteiger partial charge in [0.05, 0.1) is 11.1 Å². The van der Waals surface area contributed by atoms with Gasteiger partial charge in [-0.2, -0.15) is 0 Å². The molecule has 4 rings (SSSR count). The number of carbonyl (C=O) groups excluding carboxylic acids is 1. The molecule has 0 radical (unpaired) electrons. The van der Waals surface area contributed by atoms with E-state index in [1.807, 2.05) is 4.90 Å². The lowest BCUT2D eigenvalue weighted by Crippen LogP contribution is -2.40. The lowest BCUT2D eigenvalue weighted by Gasteiger charge is -2.30. The number of aromatic amines is 1. The van der Waals surface area contributed by atoms with Crippen LogP contribution in [0.15, 0.2) is 9.95 Å². The standard InChI is InChI=1S/C19H25N3O2S2/c1-11-5-6-13-14(8-11)26-18-16(13)17(24)20-19(21-18)25-10-15(23)22-7-3-4-12(2)9-22/h11-12H,3-10H2,1-2H3,(H,20,21,24)/t11-,12-/m1/s1. The number of thiophene rings is 1. The molecule has 1 fully saturated rings. The van der Waals surface area contributed by atoms with Gasteiger partial charge in [0.1, 0.15) is 4.83 Å². The number of carbonyl (C=O) groups is 1. The second kappa shape index (κ2) is 7.35. The van der Waals surface area contributed by atoms with Gasteiger partial charge in [0, 0.05) is 18.0 Å². The number of H-pyrrole nitrogens is 1. The number of nitrogens with one attached hydrogen (secondary N) is 1. The molecule has 2 aliphatic rings. The van der Waals surface area contributed by atoms with Crippen LogP contribution in [0.5, 0.6) is 0 Å². The van der Waals surface area contributed by atoms with Gasteiger partial charge in [0.15, 0.2) is 5.16 Å². The third-order valence-electron chi connectivity index (χ3n) is 5.49. The third-order valence-corrected chi connectivity index (χ3v) is 7.49. The van der Waals surface area contributed by atoms with Gasteiger partial charge in [-0.25, -0.2) is 4.98 Å². The molecule has 0 aromatic carbocycles. The van der Waals surface area contributed by atoms with E-state index in [0.717, 1.165) is 49.0 Å². The van der Waals surface area contributed by atoms with Gasteiger partial charge in [-0.1, -0.05) is 25.6 Å². The maximum Gasteiger partial charge on any atom is 0.260 e. The van der Waals surface area contributed by atoms with Crippen LogP contribution in [-0.2, 0) is 17.6 Å². The van der Waals surface area contributed by atoms with Crippen LogP contribution in [0.25, 0.3) is 10.2 Å². The summed E-state index contributed by atoms with van der Waals surface area (Å²) in [4.78, 5) is 36.7. The first-order valence-electron chi connectivity index (χ1n) is 9.46. The van der Waals surface area contributed by atoms with Crippen LogP contribution >= 0.6 is 23.1 Å². The Morgan fingerprint density at radius 2 is 2.19 bits per heavy atom. The van der Waals surface area contributed by atoms with Gasteiger partial charge in [0.25, 0.3) is 5.56 Å². The van der Waals surface area contributed by atoms with Gasteiger partial charge in [-0.15, -0.1) is 11.3 Å². The maximum atomic E-state index is 12.6. The van der Waals surface area contributed by atoms with Gasteiger partial charge in [0.2, 0.25) is 5.91 Å². The van der Waals surface area contributed by atoms with Crippen LogP contribution in [0.1, 0.15) is 43.6 Å². The molecule has 140 valence electrons. The summed E-state index contributed by atoms with van der Waals surface area (Å²) < 4.78 is 0. The van der Waals surface area contributed by atoms with E-state index < -0.39 is 0 Å². The number of hydrogen-bond acceptors (Lipinski definition) is 5. The molecule has 3 heterocycles. The molecule has 1 saturated heterocycles. The van der Waals surface area contributed by atoms with Crippen LogP contribution in [-0.4, -0.2) is 39.6 Å². The Labute approximate surface area is 161 Å². The Hall–Kier alpha value is -1.34. The summed E-state index contributed by atoms with van der Waals surface area (Å²) in [7, 11) is 0. The van der Waals surface area contributed by atoms with Crippen molar-refractivity contribution >= 4 is 39.2 Å². The highest BCUT2D eigenvalue weighted by molar-refractivity contribution is 7.99. The van der Waals surface area contributed by atoms with E-state index in [4.69, 9.17) is 0 Å². The van der Waals surface area contributed by atoms with Crippen molar-refractivity contribution < 1.29 is 4.79 Å². The minimum absolute atomic E-state index is 0.0522. The number of amides is 1. The summed E-state index contributed by atoms with van der Waals surface area (Å²) in [5.74, 6) is 1.73. The van der Waals surface area contributed by atoms with Crippen molar-refractivity contribution in [2.45, 2.75) is 51.1 Å². The van der Waals surface area contributed by atoms with Crippen LogP contribution in [0, 0.1) is 11.8 Å². The molecule has 2 aromatic heterocycles. The van der Waals surface area contributed by atoms with E-state index in [-0.39, 0.29) is 11.5 Å². The van der Waals surface area contributed by atoms with Crippen molar-refractivity contribution in [3.8, 4) is 0 Å². The molecule has 1 aliphatic heterocycles. The van der Waals surface area contributed by atoms with E-state index in [1.165, 1.54) is 28.6 Å². The molecule has 0 saturated carbocycles. The summed E-state index contributed by atoms with van der Waals surface area (Å²) in [5.41, 5.74) is 1.15. The molecule has 0 bridgehead atoms. The molecule has 26 heavy (non-hydrogen) atoms. The highest BCUT2D eigenvalue weighted by atomic mass is 32.2. The normalized spacial score (nSPS) is 23.2. The fourth-order valence-corrected chi connectivity index (χ4v) is 6.24. The van der Waals surface area contributed by atoms with Crippen molar-refractivity contribution in [2.24, 2.45) is 11.8 Å². The molecule has 1 amide bonds. The number of hydrogen-bond donors (Lipinski definition) is 1. The summed E-state index contributed by atoms with van der Waals surface area (Å²) in [6.45, 7) is 6.15. The van der Waals surface area contributed by atoms with E-state index in [0.29, 0.717) is 22.7 Å². The van der Waals surface area contributed by atoms with E-state index >= 15 is 0 Å². The van der Waals surface area contributed by atoms with Crippen molar-refractivity contribution in [3.63, 3.8) is 0 Å². The van der Waals surface area contributed by atoms with Gasteiger partial charge in [-0.05, 0) is 49.5 Å². The maximum absolute atomic E-state index is 12.6. The number of fused-ring (bicyclic) bond motifs is 3. The highest BCUT2D eigenvalue weighted by Crippen LogP contribution is 2.36. The first kappa shape index (κ1) is 18.0. The first-order valence-corrected chi connectivity index (χ1v) is 11.3. The van der Waals surface area contributed by atoms with Gasteiger partial charge in [-0.3, -0.25) is 9.59 Å². The number of likely N-dealkylation sites (tertiary alicyclic amines) is 1. The second-order valence-corrected chi connectivity index (χ2v) is 9.83.